The molecule has 3 rings (SSSR count). The summed E-state index contributed by atoms with van der Waals surface area (Å²) >= 11 is 0. The van der Waals surface area contributed by atoms with E-state index in [4.69, 9.17) is 9.90 Å². The highest BCUT2D eigenvalue weighted by Gasteiger charge is 2.39. The molecule has 0 unspecified atom stereocenters. The van der Waals surface area contributed by atoms with Crippen molar-refractivity contribution in [1.82, 2.24) is 20.6 Å². The van der Waals surface area contributed by atoms with Gasteiger partial charge in [0.05, 0.1) is 16.7 Å². The van der Waals surface area contributed by atoms with E-state index in [0.29, 0.717) is 43.8 Å². The molecule has 0 radical (unpaired) electrons. The van der Waals surface area contributed by atoms with E-state index in [1.807, 2.05) is 25.9 Å². The molecule has 1 heterocycles. The second-order valence-corrected chi connectivity index (χ2v) is 11.1. The van der Waals surface area contributed by atoms with Gasteiger partial charge in [0.25, 0.3) is 0 Å². The number of amides is 2. The van der Waals surface area contributed by atoms with Gasteiger partial charge in [0.1, 0.15) is 5.82 Å². The van der Waals surface area contributed by atoms with Crippen molar-refractivity contribution in [3.63, 3.8) is 0 Å². The predicted molar refractivity (Wildman–Crippen MR) is 146 cm³/mol. The molecule has 45 heavy (non-hydrogen) atoms. The lowest BCUT2D eigenvalue weighted by molar-refractivity contribution is -0.192. The molecule has 2 aromatic rings. The average molecular weight is 661 g/mol. The fourth-order valence-electron chi connectivity index (χ4n) is 4.41. The summed E-state index contributed by atoms with van der Waals surface area (Å²) in [6, 6.07) is 0.538. The van der Waals surface area contributed by atoms with Crippen LogP contribution in [0.25, 0.3) is 0 Å². The maximum atomic E-state index is 13.3. The summed E-state index contributed by atoms with van der Waals surface area (Å²) in [6.45, 7) is 4.63. The van der Waals surface area contributed by atoms with Gasteiger partial charge in [-0.3, -0.25) is 0 Å². The van der Waals surface area contributed by atoms with Gasteiger partial charge in [-0.15, -0.1) is 0 Å². The second kappa shape index (κ2) is 14.0. The lowest BCUT2D eigenvalue weighted by atomic mass is 9.90. The highest BCUT2D eigenvalue weighted by molar-refractivity contribution is 5.75. The third kappa shape index (κ3) is 11.1. The molecule has 1 fully saturated rings. The first-order valence-electron chi connectivity index (χ1n) is 13.4. The number of benzene rings is 1. The molecule has 2 amide bonds. The molecule has 1 saturated carbocycles. The van der Waals surface area contributed by atoms with Gasteiger partial charge in [0.15, 0.2) is 0 Å². The van der Waals surface area contributed by atoms with Crippen molar-refractivity contribution in [2.45, 2.75) is 82.6 Å². The number of carbonyl (C=O) groups is 2. The zero-order valence-corrected chi connectivity index (χ0v) is 24.8. The number of aryl methyl sites for hydroxylation is 1. The Hall–Kier alpha value is -3.99. The maximum Gasteiger partial charge on any atom is 0.490 e. The third-order valence-corrected chi connectivity index (χ3v) is 6.74. The van der Waals surface area contributed by atoms with Crippen LogP contribution in [-0.2, 0) is 22.7 Å². The van der Waals surface area contributed by atoms with Crippen molar-refractivity contribution in [3.05, 3.63) is 46.6 Å². The fourth-order valence-corrected chi connectivity index (χ4v) is 4.41. The Bertz CT molecular complexity index is 1300. The van der Waals surface area contributed by atoms with Gasteiger partial charge in [0, 0.05) is 37.9 Å². The number of alkyl halides is 9. The minimum Gasteiger partial charge on any atom is -0.475 e. The van der Waals surface area contributed by atoms with E-state index in [1.165, 1.54) is 13.8 Å². The minimum atomic E-state index is -5.08. The molecule has 0 bridgehead atoms. The largest absolute Gasteiger partial charge is 0.490 e. The number of hydrogen-bond donors (Lipinski definition) is 4. The van der Waals surface area contributed by atoms with Gasteiger partial charge in [-0.2, -0.15) is 44.5 Å². The molecule has 18 heteroatoms. The van der Waals surface area contributed by atoms with E-state index in [0.717, 1.165) is 11.4 Å². The van der Waals surface area contributed by atoms with Gasteiger partial charge in [-0.25, -0.2) is 14.6 Å². The summed E-state index contributed by atoms with van der Waals surface area (Å²) < 4.78 is 111. The van der Waals surface area contributed by atoms with E-state index < -0.39 is 47.2 Å². The lowest BCUT2D eigenvalue weighted by Crippen LogP contribution is -2.50. The van der Waals surface area contributed by atoms with Crippen LogP contribution < -0.4 is 20.9 Å². The first-order chi connectivity index (χ1) is 20.4. The van der Waals surface area contributed by atoms with Crippen molar-refractivity contribution < 1.29 is 54.2 Å². The quantitative estimate of drug-likeness (QED) is 0.262. The standard InChI is InChI=1S/C25H32F6N6O.C2HF3O2/c1-14-13-32-21(35-20(14)37(4)5)33-18-6-8-19(9-7-18)34-22(38)36-23(2,3)15-10-16(24(26,27)28)12-17(11-15)25(29,30)31;3-2(4,5)1(6)7/h10-13,18-19H,6-9H2,1-5H3,(H,32,33,35)(H2,34,36,38);(H,6,7). The number of halogens is 9. The number of aromatic nitrogens is 2. The minimum absolute atomic E-state index is 0.0646. The van der Waals surface area contributed by atoms with Crippen molar-refractivity contribution in [1.29, 1.82) is 0 Å². The van der Waals surface area contributed by atoms with E-state index in [-0.39, 0.29) is 23.7 Å². The summed E-state index contributed by atoms with van der Waals surface area (Å²) in [5.41, 5.74) is -3.73. The molecule has 0 aliphatic heterocycles. The first-order valence-corrected chi connectivity index (χ1v) is 13.4. The van der Waals surface area contributed by atoms with Crippen LogP contribution in [0.1, 0.15) is 61.8 Å². The molecule has 252 valence electrons. The number of nitrogens with one attached hydrogen (secondary N) is 3. The van der Waals surface area contributed by atoms with E-state index in [1.54, 1.807) is 6.20 Å². The van der Waals surface area contributed by atoms with Crippen LogP contribution in [0.3, 0.4) is 0 Å². The summed E-state index contributed by atoms with van der Waals surface area (Å²) in [4.78, 5) is 32.3. The highest BCUT2D eigenvalue weighted by Crippen LogP contribution is 2.38. The molecule has 1 aliphatic rings. The number of carboxylic acids is 1. The van der Waals surface area contributed by atoms with Crippen LogP contribution in [0.4, 0.5) is 56.1 Å². The summed E-state index contributed by atoms with van der Waals surface area (Å²) in [5.74, 6) is -1.44. The SMILES string of the molecule is Cc1cnc(NC2CCC(NC(=O)NC(C)(C)c3cc(C(F)(F)F)cc(C(F)(F)F)c3)CC2)nc1N(C)C.O=C(O)C(F)(F)F. The van der Waals surface area contributed by atoms with E-state index in [2.05, 4.69) is 25.9 Å². The Morgan fingerprint density at radius 3 is 1.71 bits per heavy atom. The molecular weight excluding hydrogens is 627 g/mol. The summed E-state index contributed by atoms with van der Waals surface area (Å²) in [6.07, 6.45) is -10.6. The Morgan fingerprint density at radius 1 is 0.844 bits per heavy atom. The molecular formula is C27H33F9N6O3. The first kappa shape index (κ1) is 37.2. The van der Waals surface area contributed by atoms with Crippen molar-refractivity contribution in [2.75, 3.05) is 24.3 Å². The molecule has 1 aromatic heterocycles. The number of hydrogen-bond acceptors (Lipinski definition) is 6. The summed E-state index contributed by atoms with van der Waals surface area (Å²) in [5, 5.41) is 15.8. The van der Waals surface area contributed by atoms with Crippen molar-refractivity contribution >= 4 is 23.8 Å². The van der Waals surface area contributed by atoms with Crippen molar-refractivity contribution in [2.24, 2.45) is 0 Å². The number of nitrogens with zero attached hydrogens (tertiary/aromatic N) is 3. The monoisotopic (exact) mass is 660 g/mol. The number of carboxylic acid groups (broad SMARTS) is 1. The van der Waals surface area contributed by atoms with Crippen LogP contribution in [0.15, 0.2) is 24.4 Å². The average Bonchev–Trinajstić information content (AvgIpc) is 2.89. The van der Waals surface area contributed by atoms with E-state index >= 15 is 0 Å². The number of urea groups is 1. The lowest BCUT2D eigenvalue weighted by Gasteiger charge is -2.32. The number of aliphatic carboxylic acids is 1. The second-order valence-electron chi connectivity index (χ2n) is 11.1. The summed E-state index contributed by atoms with van der Waals surface area (Å²) in [7, 11) is 3.79. The highest BCUT2D eigenvalue weighted by atomic mass is 19.4. The van der Waals surface area contributed by atoms with Crippen LogP contribution >= 0.6 is 0 Å². The van der Waals surface area contributed by atoms with E-state index in [9.17, 15) is 44.3 Å². The zero-order valence-electron chi connectivity index (χ0n) is 24.8. The molecule has 0 saturated heterocycles. The third-order valence-electron chi connectivity index (χ3n) is 6.74. The maximum absolute atomic E-state index is 13.3. The number of anilines is 2. The Morgan fingerprint density at radius 2 is 1.29 bits per heavy atom. The fraction of sp³-hybridized carbons (Fsp3) is 0.556. The Kier molecular flexibility index (Phi) is 11.6. The van der Waals surface area contributed by atoms with Gasteiger partial charge in [-0.1, -0.05) is 0 Å². The number of carbonyl (C=O) groups excluding carboxylic acids is 1. The van der Waals surface area contributed by atoms with Crippen LogP contribution in [0.2, 0.25) is 0 Å². The van der Waals surface area contributed by atoms with Crippen molar-refractivity contribution in [3.8, 4) is 0 Å². The Labute approximate surface area is 252 Å². The topological polar surface area (TPSA) is 119 Å². The van der Waals surface area contributed by atoms with Crippen LogP contribution in [-0.4, -0.2) is 59.4 Å². The molecule has 0 atom stereocenters. The van der Waals surface area contributed by atoms with Gasteiger partial charge in [-0.05, 0) is 70.2 Å². The molecule has 9 nitrogen and oxygen atoms in total. The number of rotatable bonds is 6. The smallest absolute Gasteiger partial charge is 0.475 e. The molecule has 4 N–H and O–H groups in total. The molecule has 1 aromatic carbocycles. The van der Waals surface area contributed by atoms with Gasteiger partial charge < -0.3 is 26.0 Å². The zero-order chi connectivity index (χ0) is 34.5. The van der Waals surface area contributed by atoms with Gasteiger partial charge >= 0.3 is 30.5 Å². The molecule has 1 aliphatic carbocycles. The van der Waals surface area contributed by atoms with Crippen LogP contribution in [0, 0.1) is 6.92 Å². The normalized spacial score (nSPS) is 17.5. The molecule has 0 spiro atoms. The van der Waals surface area contributed by atoms with Gasteiger partial charge in [0.2, 0.25) is 5.95 Å². The predicted octanol–water partition coefficient (Wildman–Crippen LogP) is 6.48. The van der Waals surface area contributed by atoms with Crippen LogP contribution in [0.5, 0.6) is 0 Å². The Balaban J connectivity index is 0.000000900.